The summed E-state index contributed by atoms with van der Waals surface area (Å²) >= 11 is 3.66. The van der Waals surface area contributed by atoms with E-state index in [1.807, 2.05) is 0 Å². The largest absolute Gasteiger partial charge is 0.345 e. The second-order valence-corrected chi connectivity index (χ2v) is 6.68. The Labute approximate surface area is 129 Å². The van der Waals surface area contributed by atoms with Crippen LogP contribution in [0.5, 0.6) is 0 Å². The number of fused-ring (bicyclic) bond motifs is 1. The molecule has 0 amide bonds. The van der Waals surface area contributed by atoms with Crippen LogP contribution < -0.4 is 5.32 Å². The maximum absolute atomic E-state index is 3.75. The highest BCUT2D eigenvalue weighted by atomic mass is 79.9. The molecular weight excluding hydrogens is 312 g/mol. The van der Waals surface area contributed by atoms with E-state index in [4.69, 9.17) is 0 Å². The molecule has 1 N–H and O–H groups in total. The monoisotopic (exact) mass is 334 g/mol. The van der Waals surface area contributed by atoms with Gasteiger partial charge in [0, 0.05) is 40.7 Å². The lowest BCUT2D eigenvalue weighted by molar-refractivity contribution is 0.447. The van der Waals surface area contributed by atoms with Crippen molar-refractivity contribution in [1.29, 1.82) is 0 Å². The average molecular weight is 335 g/mol. The molecule has 108 valence electrons. The van der Waals surface area contributed by atoms with Crippen molar-refractivity contribution in [3.05, 3.63) is 34.9 Å². The second kappa shape index (κ2) is 6.77. The molecule has 20 heavy (non-hydrogen) atoms. The first-order chi connectivity index (χ1) is 9.84. The first-order valence-electron chi connectivity index (χ1n) is 7.81. The van der Waals surface area contributed by atoms with E-state index in [0.29, 0.717) is 0 Å². The molecule has 0 spiro atoms. The van der Waals surface area contributed by atoms with Crippen molar-refractivity contribution < 1.29 is 0 Å². The lowest BCUT2D eigenvalue weighted by atomic mass is 10.1. The maximum atomic E-state index is 3.75. The van der Waals surface area contributed by atoms with Crippen molar-refractivity contribution in [3.8, 4) is 0 Å². The molecule has 2 nitrogen and oxygen atoms in total. The fourth-order valence-electron chi connectivity index (χ4n) is 3.26. The Hall–Kier alpha value is -0.800. The third kappa shape index (κ3) is 3.26. The molecule has 0 unspecified atom stereocenters. The van der Waals surface area contributed by atoms with Gasteiger partial charge in [-0.25, -0.2) is 0 Å². The van der Waals surface area contributed by atoms with Crippen LogP contribution in [0.15, 0.2) is 34.9 Å². The van der Waals surface area contributed by atoms with E-state index in [1.54, 1.807) is 0 Å². The number of halogens is 1. The average Bonchev–Trinajstić information content (AvgIpc) is 2.66. The molecule has 0 bridgehead atoms. The van der Waals surface area contributed by atoms with Gasteiger partial charge in [0.05, 0.1) is 0 Å². The normalized spacial score (nSPS) is 17.4. The Morgan fingerprint density at radius 1 is 1.10 bits per heavy atom. The summed E-state index contributed by atoms with van der Waals surface area (Å²) < 4.78 is 3.55. The van der Waals surface area contributed by atoms with Crippen LogP contribution in [-0.4, -0.2) is 17.2 Å². The van der Waals surface area contributed by atoms with Gasteiger partial charge in [0.25, 0.3) is 0 Å². The van der Waals surface area contributed by atoms with Gasteiger partial charge in [-0.15, -0.1) is 0 Å². The Morgan fingerprint density at radius 3 is 2.65 bits per heavy atom. The number of nitrogens with zero attached hydrogens (tertiary/aromatic N) is 1. The molecule has 0 atom stereocenters. The van der Waals surface area contributed by atoms with E-state index in [0.717, 1.165) is 19.1 Å². The van der Waals surface area contributed by atoms with E-state index in [1.165, 1.54) is 53.9 Å². The van der Waals surface area contributed by atoms with Gasteiger partial charge in [-0.3, -0.25) is 0 Å². The highest BCUT2D eigenvalue weighted by molar-refractivity contribution is 9.10. The van der Waals surface area contributed by atoms with E-state index in [-0.39, 0.29) is 0 Å². The van der Waals surface area contributed by atoms with Gasteiger partial charge in [0.2, 0.25) is 0 Å². The highest BCUT2D eigenvalue weighted by Gasteiger charge is 2.11. The van der Waals surface area contributed by atoms with E-state index in [2.05, 4.69) is 56.3 Å². The predicted molar refractivity (Wildman–Crippen MR) is 89.1 cm³/mol. The highest BCUT2D eigenvalue weighted by Crippen LogP contribution is 2.25. The molecule has 1 aliphatic rings. The standard InChI is InChI=1S/C17H23BrN2/c18-16-13-20(17-10-6-5-9-15(16)17)12-11-19-14-7-3-1-2-4-8-14/h5-6,9-10,13-14,19H,1-4,7-8,11-12H2. The van der Waals surface area contributed by atoms with Crippen LogP contribution >= 0.6 is 15.9 Å². The fourth-order valence-corrected chi connectivity index (χ4v) is 3.84. The van der Waals surface area contributed by atoms with Crippen LogP contribution in [-0.2, 0) is 6.54 Å². The number of nitrogens with one attached hydrogen (secondary N) is 1. The molecular formula is C17H23BrN2. The van der Waals surface area contributed by atoms with Gasteiger partial charge in [-0.2, -0.15) is 0 Å². The van der Waals surface area contributed by atoms with Gasteiger partial charge < -0.3 is 9.88 Å². The van der Waals surface area contributed by atoms with Crippen LogP contribution in [0.1, 0.15) is 38.5 Å². The summed E-state index contributed by atoms with van der Waals surface area (Å²) in [7, 11) is 0. The molecule has 1 aromatic heterocycles. The molecule has 2 aromatic rings. The summed E-state index contributed by atoms with van der Waals surface area (Å²) in [4.78, 5) is 0. The van der Waals surface area contributed by atoms with Crippen molar-refractivity contribution in [1.82, 2.24) is 9.88 Å². The van der Waals surface area contributed by atoms with Crippen LogP contribution in [0, 0.1) is 0 Å². The quantitative estimate of drug-likeness (QED) is 0.800. The van der Waals surface area contributed by atoms with Crippen LogP contribution in [0.2, 0.25) is 0 Å². The van der Waals surface area contributed by atoms with E-state index >= 15 is 0 Å². The maximum Gasteiger partial charge on any atom is 0.0492 e. The fraction of sp³-hybridized carbons (Fsp3) is 0.529. The Balaban J connectivity index is 1.59. The third-order valence-corrected chi connectivity index (χ3v) is 5.01. The van der Waals surface area contributed by atoms with Crippen LogP contribution in [0.25, 0.3) is 10.9 Å². The molecule has 1 aliphatic carbocycles. The van der Waals surface area contributed by atoms with Gasteiger partial charge in [0.1, 0.15) is 0 Å². The Bertz CT molecular complexity index is 553. The van der Waals surface area contributed by atoms with E-state index in [9.17, 15) is 0 Å². The lowest BCUT2D eigenvalue weighted by Gasteiger charge is -2.16. The zero-order valence-electron chi connectivity index (χ0n) is 11.9. The van der Waals surface area contributed by atoms with Crippen molar-refractivity contribution in [2.45, 2.75) is 51.1 Å². The van der Waals surface area contributed by atoms with Crippen LogP contribution in [0.4, 0.5) is 0 Å². The SMILES string of the molecule is Brc1cn(CCNC2CCCCCC2)c2ccccc12. The summed E-state index contributed by atoms with van der Waals surface area (Å²) in [6.07, 6.45) is 10.6. The molecule has 0 saturated heterocycles. The molecule has 1 aromatic carbocycles. The molecule has 0 aliphatic heterocycles. The molecule has 3 rings (SSSR count). The van der Waals surface area contributed by atoms with Gasteiger partial charge in [-0.05, 0) is 34.8 Å². The minimum atomic E-state index is 0.739. The lowest BCUT2D eigenvalue weighted by Crippen LogP contribution is -2.31. The molecule has 0 radical (unpaired) electrons. The number of aromatic nitrogens is 1. The Morgan fingerprint density at radius 2 is 1.85 bits per heavy atom. The minimum Gasteiger partial charge on any atom is -0.345 e. The van der Waals surface area contributed by atoms with Gasteiger partial charge in [-0.1, -0.05) is 43.9 Å². The summed E-state index contributed by atoms with van der Waals surface area (Å²) in [5.41, 5.74) is 1.32. The molecule has 1 fully saturated rings. The van der Waals surface area contributed by atoms with Crippen molar-refractivity contribution in [2.24, 2.45) is 0 Å². The first kappa shape index (κ1) is 14.2. The number of hydrogen-bond acceptors (Lipinski definition) is 1. The molecule has 1 heterocycles. The van der Waals surface area contributed by atoms with Crippen molar-refractivity contribution in [2.75, 3.05) is 6.54 Å². The predicted octanol–water partition coefficient (Wildman–Crippen LogP) is 4.72. The Kier molecular flexibility index (Phi) is 4.79. The van der Waals surface area contributed by atoms with Gasteiger partial charge in [0.15, 0.2) is 0 Å². The topological polar surface area (TPSA) is 17.0 Å². The number of hydrogen-bond donors (Lipinski definition) is 1. The summed E-state index contributed by atoms with van der Waals surface area (Å²) in [5.74, 6) is 0. The zero-order valence-corrected chi connectivity index (χ0v) is 13.5. The summed E-state index contributed by atoms with van der Waals surface area (Å²) in [5, 5.41) is 5.06. The molecule has 3 heteroatoms. The third-order valence-electron chi connectivity index (χ3n) is 4.38. The van der Waals surface area contributed by atoms with Crippen molar-refractivity contribution >= 4 is 26.8 Å². The number of rotatable bonds is 4. The van der Waals surface area contributed by atoms with Crippen molar-refractivity contribution in [3.63, 3.8) is 0 Å². The number of para-hydroxylation sites is 1. The van der Waals surface area contributed by atoms with Crippen LogP contribution in [0.3, 0.4) is 0 Å². The molecule has 1 saturated carbocycles. The van der Waals surface area contributed by atoms with E-state index < -0.39 is 0 Å². The summed E-state index contributed by atoms with van der Waals surface area (Å²) in [6, 6.07) is 9.33. The second-order valence-electron chi connectivity index (χ2n) is 5.83. The minimum absolute atomic E-state index is 0.739. The van der Waals surface area contributed by atoms with Gasteiger partial charge >= 0.3 is 0 Å². The smallest absolute Gasteiger partial charge is 0.0492 e. The zero-order chi connectivity index (χ0) is 13.8. The number of benzene rings is 1. The first-order valence-corrected chi connectivity index (χ1v) is 8.60. The summed E-state index contributed by atoms with van der Waals surface area (Å²) in [6.45, 7) is 2.11.